The van der Waals surface area contributed by atoms with Gasteiger partial charge >= 0.3 is 0 Å². The first-order valence-electron chi connectivity index (χ1n) is 4.10. The van der Waals surface area contributed by atoms with Crippen LogP contribution in [0, 0.1) is 0 Å². The van der Waals surface area contributed by atoms with Crippen LogP contribution in [0.1, 0.15) is 32.1 Å². The minimum absolute atomic E-state index is 0.286. The van der Waals surface area contributed by atoms with E-state index in [1.807, 2.05) is 0 Å². The molecule has 1 atom stereocenters. The van der Waals surface area contributed by atoms with Gasteiger partial charge in [0.15, 0.2) is 9.84 Å². The monoisotopic (exact) mass is 177 g/mol. The molecule has 1 aliphatic rings. The lowest BCUT2D eigenvalue weighted by molar-refractivity contribution is 0.538. The van der Waals surface area contributed by atoms with Crippen molar-refractivity contribution >= 4 is 9.84 Å². The third-order valence-electron chi connectivity index (χ3n) is 2.13. The van der Waals surface area contributed by atoms with E-state index in [0.29, 0.717) is 6.42 Å². The van der Waals surface area contributed by atoms with Crippen LogP contribution in [-0.2, 0) is 9.84 Å². The highest BCUT2D eigenvalue weighted by atomic mass is 32.2. The van der Waals surface area contributed by atoms with Crippen LogP contribution in [0.4, 0.5) is 0 Å². The molecule has 0 spiro atoms. The summed E-state index contributed by atoms with van der Waals surface area (Å²) >= 11 is 0. The molecule has 1 heterocycles. The smallest absolute Gasteiger partial charge is 0.165 e. The zero-order valence-electron chi connectivity index (χ0n) is 6.62. The van der Waals surface area contributed by atoms with Crippen LogP contribution in [0.15, 0.2) is 0 Å². The maximum atomic E-state index is 11.2. The van der Waals surface area contributed by atoms with Gasteiger partial charge in [0, 0.05) is 0 Å². The molecule has 1 rings (SSSR count). The average Bonchev–Trinajstić information content (AvgIpc) is 1.93. The molecular weight excluding hydrogens is 162 g/mol. The van der Waals surface area contributed by atoms with Crippen molar-refractivity contribution in [2.24, 2.45) is 5.73 Å². The Balaban J connectivity index is 2.62. The molecule has 0 amide bonds. The Morgan fingerprint density at radius 1 is 1.09 bits per heavy atom. The molecule has 66 valence electrons. The largest absolute Gasteiger partial charge is 0.315 e. The minimum Gasteiger partial charge on any atom is -0.315 e. The first-order valence-corrected chi connectivity index (χ1v) is 5.81. The zero-order chi connectivity index (χ0) is 8.32. The average molecular weight is 177 g/mol. The summed E-state index contributed by atoms with van der Waals surface area (Å²) in [5.41, 5.74) is 5.49. The molecule has 4 heteroatoms. The Bertz CT molecular complexity index is 210. The molecule has 0 radical (unpaired) electrons. The van der Waals surface area contributed by atoms with E-state index in [9.17, 15) is 8.42 Å². The molecule has 0 aromatic carbocycles. The van der Waals surface area contributed by atoms with Crippen LogP contribution < -0.4 is 5.73 Å². The molecule has 2 N–H and O–H groups in total. The molecule has 0 bridgehead atoms. The Morgan fingerprint density at radius 3 is 2.45 bits per heavy atom. The van der Waals surface area contributed by atoms with Gasteiger partial charge in [0.1, 0.15) is 5.37 Å². The Morgan fingerprint density at radius 2 is 1.73 bits per heavy atom. The summed E-state index contributed by atoms with van der Waals surface area (Å²) in [5, 5.41) is -0.595. The maximum Gasteiger partial charge on any atom is 0.165 e. The Kier molecular flexibility index (Phi) is 2.90. The van der Waals surface area contributed by atoms with Crippen LogP contribution in [0.5, 0.6) is 0 Å². The topological polar surface area (TPSA) is 60.2 Å². The highest BCUT2D eigenvalue weighted by molar-refractivity contribution is 7.91. The van der Waals surface area contributed by atoms with E-state index >= 15 is 0 Å². The van der Waals surface area contributed by atoms with Crippen molar-refractivity contribution in [3.63, 3.8) is 0 Å². The fourth-order valence-electron chi connectivity index (χ4n) is 1.33. The lowest BCUT2D eigenvalue weighted by atomic mass is 10.1. The van der Waals surface area contributed by atoms with Gasteiger partial charge in [-0.15, -0.1) is 0 Å². The second kappa shape index (κ2) is 3.54. The Labute approximate surface area is 67.9 Å². The van der Waals surface area contributed by atoms with E-state index in [4.69, 9.17) is 5.73 Å². The van der Waals surface area contributed by atoms with E-state index in [1.54, 1.807) is 0 Å². The van der Waals surface area contributed by atoms with E-state index in [0.717, 1.165) is 25.7 Å². The minimum atomic E-state index is -2.94. The molecule has 0 saturated carbocycles. The normalized spacial score (nSPS) is 32.3. The highest BCUT2D eigenvalue weighted by Crippen LogP contribution is 2.14. The van der Waals surface area contributed by atoms with Gasteiger partial charge in [0.05, 0.1) is 5.75 Å². The molecule has 1 aliphatic heterocycles. The second-order valence-electron chi connectivity index (χ2n) is 3.11. The molecule has 1 unspecified atom stereocenters. The third-order valence-corrected chi connectivity index (χ3v) is 4.14. The number of hydrogen-bond acceptors (Lipinski definition) is 3. The van der Waals surface area contributed by atoms with Crippen LogP contribution >= 0.6 is 0 Å². The van der Waals surface area contributed by atoms with Gasteiger partial charge in [-0.1, -0.05) is 19.3 Å². The van der Waals surface area contributed by atoms with Crippen molar-refractivity contribution in [3.8, 4) is 0 Å². The molecule has 0 aromatic rings. The molecule has 11 heavy (non-hydrogen) atoms. The van der Waals surface area contributed by atoms with Gasteiger partial charge in [0.25, 0.3) is 0 Å². The number of nitrogens with two attached hydrogens (primary N) is 1. The summed E-state index contributed by atoms with van der Waals surface area (Å²) in [6.45, 7) is 0. The van der Waals surface area contributed by atoms with E-state index in [1.165, 1.54) is 0 Å². The summed E-state index contributed by atoms with van der Waals surface area (Å²) in [4.78, 5) is 0. The first kappa shape index (κ1) is 9.00. The fourth-order valence-corrected chi connectivity index (χ4v) is 2.77. The molecule has 0 aromatic heterocycles. The van der Waals surface area contributed by atoms with Crippen LogP contribution in [0.3, 0.4) is 0 Å². The molecule has 0 aliphatic carbocycles. The lowest BCUT2D eigenvalue weighted by Crippen LogP contribution is -2.33. The summed E-state index contributed by atoms with van der Waals surface area (Å²) in [7, 11) is -2.94. The van der Waals surface area contributed by atoms with Gasteiger partial charge in [-0.2, -0.15) is 0 Å². The van der Waals surface area contributed by atoms with Crippen LogP contribution in [0.2, 0.25) is 0 Å². The van der Waals surface area contributed by atoms with Crippen LogP contribution in [-0.4, -0.2) is 19.5 Å². The SMILES string of the molecule is NC1CCCCCCS1(=O)=O. The van der Waals surface area contributed by atoms with E-state index < -0.39 is 15.2 Å². The zero-order valence-corrected chi connectivity index (χ0v) is 7.44. The van der Waals surface area contributed by atoms with Crippen molar-refractivity contribution in [3.05, 3.63) is 0 Å². The molecule has 3 nitrogen and oxygen atoms in total. The first-order chi connectivity index (χ1) is 5.13. The number of hydrogen-bond donors (Lipinski definition) is 1. The van der Waals surface area contributed by atoms with Crippen molar-refractivity contribution in [1.82, 2.24) is 0 Å². The molecular formula is C7H15NO2S. The van der Waals surface area contributed by atoms with Gasteiger partial charge in [-0.25, -0.2) is 8.42 Å². The van der Waals surface area contributed by atoms with Gasteiger partial charge in [-0.05, 0) is 12.8 Å². The highest BCUT2D eigenvalue weighted by Gasteiger charge is 2.21. The predicted molar refractivity (Wildman–Crippen MR) is 44.8 cm³/mol. The van der Waals surface area contributed by atoms with Crippen molar-refractivity contribution < 1.29 is 8.42 Å². The van der Waals surface area contributed by atoms with Gasteiger partial charge < -0.3 is 5.73 Å². The quantitative estimate of drug-likeness (QED) is 0.591. The number of rotatable bonds is 0. The fraction of sp³-hybridized carbons (Fsp3) is 1.00. The van der Waals surface area contributed by atoms with E-state index in [2.05, 4.69) is 0 Å². The summed E-state index contributed by atoms with van der Waals surface area (Å²) in [6, 6.07) is 0. The lowest BCUT2D eigenvalue weighted by Gasteiger charge is -2.15. The molecule has 1 saturated heterocycles. The summed E-state index contributed by atoms with van der Waals surface area (Å²) < 4.78 is 22.5. The number of sulfone groups is 1. The van der Waals surface area contributed by atoms with Crippen molar-refractivity contribution in [2.45, 2.75) is 37.5 Å². The third kappa shape index (κ3) is 2.45. The Hall–Kier alpha value is -0.0900. The molecule has 1 fully saturated rings. The van der Waals surface area contributed by atoms with E-state index in [-0.39, 0.29) is 5.75 Å². The van der Waals surface area contributed by atoms with Crippen molar-refractivity contribution in [1.29, 1.82) is 0 Å². The second-order valence-corrected chi connectivity index (χ2v) is 5.45. The predicted octanol–water partition coefficient (Wildman–Crippen LogP) is 0.650. The van der Waals surface area contributed by atoms with Crippen LogP contribution in [0.25, 0.3) is 0 Å². The standard InChI is InChI=1S/C7H15NO2S/c8-7-5-3-1-2-4-6-11(7,9)10/h7H,1-6,8H2. The van der Waals surface area contributed by atoms with Gasteiger partial charge in [-0.3, -0.25) is 0 Å². The van der Waals surface area contributed by atoms with Crippen molar-refractivity contribution in [2.75, 3.05) is 5.75 Å². The maximum absolute atomic E-state index is 11.2. The summed E-state index contributed by atoms with van der Waals surface area (Å²) in [5.74, 6) is 0.286. The summed E-state index contributed by atoms with van der Waals surface area (Å²) in [6.07, 6.45) is 4.55. The van der Waals surface area contributed by atoms with Gasteiger partial charge in [0.2, 0.25) is 0 Å².